The molecule has 0 bridgehead atoms. The summed E-state index contributed by atoms with van der Waals surface area (Å²) in [6.45, 7) is 4.89. The van der Waals surface area contributed by atoms with Crippen molar-refractivity contribution in [2.45, 2.75) is 26.7 Å². The zero-order chi connectivity index (χ0) is 13.5. The normalized spacial score (nSPS) is 10.4. The van der Waals surface area contributed by atoms with Crippen LogP contribution >= 0.6 is 11.6 Å². The third-order valence-electron chi connectivity index (χ3n) is 2.61. The van der Waals surface area contributed by atoms with E-state index in [-0.39, 0.29) is 12.5 Å². The van der Waals surface area contributed by atoms with E-state index in [1.807, 2.05) is 13.8 Å². The lowest BCUT2D eigenvalue weighted by molar-refractivity contribution is 0.0721. The Balaban J connectivity index is 2.96. The second-order valence-electron chi connectivity index (χ2n) is 4.04. The van der Waals surface area contributed by atoms with Gasteiger partial charge in [0.05, 0.1) is 6.61 Å². The first kappa shape index (κ1) is 14.9. The maximum atomic E-state index is 12.3. The van der Waals surface area contributed by atoms with Gasteiger partial charge in [0.15, 0.2) is 0 Å². The highest BCUT2D eigenvalue weighted by Crippen LogP contribution is 2.14. The number of hydrogen-bond acceptors (Lipinski definition) is 3. The van der Waals surface area contributed by atoms with Crippen LogP contribution in [0.25, 0.3) is 0 Å². The van der Waals surface area contributed by atoms with Crippen molar-refractivity contribution in [1.82, 2.24) is 9.88 Å². The molecule has 0 aliphatic heterocycles. The first-order valence-electron chi connectivity index (χ1n) is 6.19. The van der Waals surface area contributed by atoms with E-state index in [2.05, 4.69) is 4.98 Å². The molecule has 1 amide bonds. The Morgan fingerprint density at radius 2 is 2.11 bits per heavy atom. The molecular weight excluding hydrogens is 252 g/mol. The zero-order valence-electron chi connectivity index (χ0n) is 10.8. The number of aliphatic hydroxyl groups excluding tert-OH is 1. The van der Waals surface area contributed by atoms with Crippen LogP contribution in [0.15, 0.2) is 12.1 Å². The van der Waals surface area contributed by atoms with E-state index in [4.69, 9.17) is 16.7 Å². The molecule has 1 aromatic heterocycles. The second-order valence-corrected chi connectivity index (χ2v) is 4.43. The Labute approximate surface area is 113 Å². The largest absolute Gasteiger partial charge is 0.395 e. The molecule has 0 saturated heterocycles. The van der Waals surface area contributed by atoms with Crippen LogP contribution in [0.2, 0.25) is 5.15 Å². The fraction of sp³-hybridized carbons (Fsp3) is 0.538. The summed E-state index contributed by atoms with van der Waals surface area (Å²) in [7, 11) is 0. The van der Waals surface area contributed by atoms with E-state index in [0.717, 1.165) is 18.5 Å². The van der Waals surface area contributed by atoms with Crippen molar-refractivity contribution in [1.29, 1.82) is 0 Å². The van der Waals surface area contributed by atoms with E-state index in [1.54, 1.807) is 17.0 Å². The lowest BCUT2D eigenvalue weighted by Crippen LogP contribution is -2.34. The molecule has 0 spiro atoms. The summed E-state index contributed by atoms with van der Waals surface area (Å²) in [6, 6.07) is 3.33. The smallest absolute Gasteiger partial charge is 0.254 e. The van der Waals surface area contributed by atoms with Gasteiger partial charge >= 0.3 is 0 Å². The monoisotopic (exact) mass is 270 g/mol. The number of hydrogen-bond donors (Lipinski definition) is 1. The number of carbonyl (C=O) groups is 1. The molecule has 1 N–H and O–H groups in total. The van der Waals surface area contributed by atoms with Gasteiger partial charge in [0, 0.05) is 24.3 Å². The van der Waals surface area contributed by atoms with Crippen molar-refractivity contribution in [3.05, 3.63) is 28.5 Å². The van der Waals surface area contributed by atoms with Crippen molar-refractivity contribution in [2.24, 2.45) is 0 Å². The first-order chi connectivity index (χ1) is 8.62. The van der Waals surface area contributed by atoms with Gasteiger partial charge in [-0.1, -0.05) is 25.4 Å². The van der Waals surface area contributed by atoms with E-state index < -0.39 is 0 Å². The van der Waals surface area contributed by atoms with Crippen LogP contribution in [0.1, 0.15) is 36.3 Å². The Morgan fingerprint density at radius 1 is 1.39 bits per heavy atom. The van der Waals surface area contributed by atoms with Crippen LogP contribution in [0.3, 0.4) is 0 Å². The summed E-state index contributed by atoms with van der Waals surface area (Å²) in [4.78, 5) is 18.0. The summed E-state index contributed by atoms with van der Waals surface area (Å²) >= 11 is 5.90. The zero-order valence-corrected chi connectivity index (χ0v) is 11.6. The van der Waals surface area contributed by atoms with Crippen LogP contribution < -0.4 is 0 Å². The number of aliphatic hydroxyl groups is 1. The van der Waals surface area contributed by atoms with E-state index in [0.29, 0.717) is 23.8 Å². The standard InChI is InChI=1S/C13H19ClN2O2/c1-3-5-16(6-7-17)13(18)10-8-11(4-2)15-12(14)9-10/h8-9,17H,3-7H2,1-2H3. The molecule has 5 heteroatoms. The number of aryl methyl sites for hydroxylation is 1. The molecule has 0 fully saturated rings. The summed E-state index contributed by atoms with van der Waals surface area (Å²) in [5.41, 5.74) is 1.33. The number of pyridine rings is 1. The molecule has 0 aliphatic carbocycles. The Kier molecular flexibility index (Phi) is 6.09. The maximum absolute atomic E-state index is 12.3. The van der Waals surface area contributed by atoms with Crippen LogP contribution in [0.4, 0.5) is 0 Å². The summed E-state index contributed by atoms with van der Waals surface area (Å²) in [6.07, 6.45) is 1.58. The van der Waals surface area contributed by atoms with E-state index in [9.17, 15) is 4.79 Å². The first-order valence-corrected chi connectivity index (χ1v) is 6.56. The Bertz CT molecular complexity index is 404. The quantitative estimate of drug-likeness (QED) is 0.806. The highest BCUT2D eigenvalue weighted by molar-refractivity contribution is 6.29. The van der Waals surface area contributed by atoms with Crippen molar-refractivity contribution in [3.63, 3.8) is 0 Å². The van der Waals surface area contributed by atoms with Gasteiger partial charge in [0.25, 0.3) is 5.91 Å². The number of amides is 1. The highest BCUT2D eigenvalue weighted by Gasteiger charge is 2.16. The third kappa shape index (κ3) is 3.96. The Morgan fingerprint density at radius 3 is 2.67 bits per heavy atom. The molecule has 100 valence electrons. The average molecular weight is 271 g/mol. The minimum Gasteiger partial charge on any atom is -0.395 e. The van der Waals surface area contributed by atoms with Gasteiger partial charge in [-0.15, -0.1) is 0 Å². The summed E-state index contributed by atoms with van der Waals surface area (Å²) in [5, 5.41) is 9.31. The number of carbonyl (C=O) groups excluding carboxylic acids is 1. The second kappa shape index (κ2) is 7.34. The molecule has 4 nitrogen and oxygen atoms in total. The highest BCUT2D eigenvalue weighted by atomic mass is 35.5. The van der Waals surface area contributed by atoms with Crippen LogP contribution in [-0.4, -0.2) is 40.6 Å². The van der Waals surface area contributed by atoms with Crippen molar-refractivity contribution < 1.29 is 9.90 Å². The maximum Gasteiger partial charge on any atom is 0.254 e. The average Bonchev–Trinajstić information content (AvgIpc) is 2.36. The van der Waals surface area contributed by atoms with Gasteiger partial charge in [-0.3, -0.25) is 4.79 Å². The Hall–Kier alpha value is -1.13. The van der Waals surface area contributed by atoms with Crippen LogP contribution in [0, 0.1) is 0 Å². The number of aromatic nitrogens is 1. The molecule has 0 aromatic carbocycles. The lowest BCUT2D eigenvalue weighted by atomic mass is 10.1. The van der Waals surface area contributed by atoms with Crippen molar-refractivity contribution >= 4 is 17.5 Å². The van der Waals surface area contributed by atoms with Crippen LogP contribution in [-0.2, 0) is 6.42 Å². The van der Waals surface area contributed by atoms with Gasteiger partial charge in [-0.2, -0.15) is 0 Å². The van der Waals surface area contributed by atoms with Gasteiger partial charge < -0.3 is 10.0 Å². The van der Waals surface area contributed by atoms with E-state index >= 15 is 0 Å². The summed E-state index contributed by atoms with van der Waals surface area (Å²) in [5.74, 6) is -0.107. The van der Waals surface area contributed by atoms with Crippen molar-refractivity contribution in [2.75, 3.05) is 19.7 Å². The van der Waals surface area contributed by atoms with Gasteiger partial charge in [-0.05, 0) is 25.0 Å². The molecule has 1 aromatic rings. The topological polar surface area (TPSA) is 53.4 Å². The fourth-order valence-corrected chi connectivity index (χ4v) is 1.97. The van der Waals surface area contributed by atoms with E-state index in [1.165, 1.54) is 0 Å². The predicted molar refractivity (Wildman–Crippen MR) is 71.9 cm³/mol. The minimum absolute atomic E-state index is 0.0365. The lowest BCUT2D eigenvalue weighted by Gasteiger charge is -2.21. The molecular formula is C13H19ClN2O2. The fourth-order valence-electron chi connectivity index (χ4n) is 1.74. The molecule has 1 heterocycles. The van der Waals surface area contributed by atoms with Crippen LogP contribution in [0.5, 0.6) is 0 Å². The number of halogens is 1. The number of nitrogens with zero attached hydrogens (tertiary/aromatic N) is 2. The molecule has 0 saturated carbocycles. The SMILES string of the molecule is CCCN(CCO)C(=O)c1cc(Cl)nc(CC)c1. The molecule has 0 aliphatic rings. The minimum atomic E-state index is -0.107. The third-order valence-corrected chi connectivity index (χ3v) is 2.80. The van der Waals surface area contributed by atoms with Crippen molar-refractivity contribution in [3.8, 4) is 0 Å². The molecule has 1 rings (SSSR count). The molecule has 0 atom stereocenters. The summed E-state index contributed by atoms with van der Waals surface area (Å²) < 4.78 is 0. The predicted octanol–water partition coefficient (Wildman–Crippen LogP) is 2.14. The molecule has 18 heavy (non-hydrogen) atoms. The van der Waals surface area contributed by atoms with Gasteiger partial charge in [0.2, 0.25) is 0 Å². The molecule has 0 radical (unpaired) electrons. The van der Waals surface area contributed by atoms with Gasteiger partial charge in [-0.25, -0.2) is 4.98 Å². The van der Waals surface area contributed by atoms with Gasteiger partial charge in [0.1, 0.15) is 5.15 Å². The number of rotatable bonds is 6. The molecule has 0 unspecified atom stereocenters.